The lowest BCUT2D eigenvalue weighted by Crippen LogP contribution is -2.48. The molecule has 0 radical (unpaired) electrons. The predicted molar refractivity (Wildman–Crippen MR) is 173 cm³/mol. The lowest BCUT2D eigenvalue weighted by Gasteiger charge is -2.44. The first kappa shape index (κ1) is 32.6. The van der Waals surface area contributed by atoms with E-state index >= 15 is 0 Å². The minimum Gasteiger partial charge on any atom is -0.443 e. The molecule has 3 aromatic rings. The predicted octanol–water partition coefficient (Wildman–Crippen LogP) is 4.69. The van der Waals surface area contributed by atoms with Gasteiger partial charge in [0, 0.05) is 13.1 Å². The van der Waals surface area contributed by atoms with Gasteiger partial charge >= 0.3 is 12.1 Å². The second kappa shape index (κ2) is 12.9. The number of aliphatic hydroxyl groups excluding tert-OH is 1. The van der Waals surface area contributed by atoms with Crippen molar-refractivity contribution in [2.24, 2.45) is 5.41 Å². The van der Waals surface area contributed by atoms with Gasteiger partial charge in [-0.05, 0) is 83.3 Å². The van der Waals surface area contributed by atoms with Crippen LogP contribution < -0.4 is 14.5 Å². The molecule has 1 unspecified atom stereocenters. The lowest BCUT2D eigenvalue weighted by molar-refractivity contribution is 0.0577. The summed E-state index contributed by atoms with van der Waals surface area (Å²) >= 11 is 0. The van der Waals surface area contributed by atoms with Gasteiger partial charge in [-0.25, -0.2) is 33.6 Å². The molecule has 45 heavy (non-hydrogen) atoms. The molecule has 12 heteroatoms. The lowest BCUT2D eigenvalue weighted by atomic mass is 9.73. The van der Waals surface area contributed by atoms with Gasteiger partial charge in [0.25, 0.3) is 0 Å². The number of aromatic nitrogens is 3. The number of hydrogen-bond donors (Lipinski definition) is 2. The van der Waals surface area contributed by atoms with Crippen LogP contribution in [0.4, 0.5) is 16.6 Å². The summed E-state index contributed by atoms with van der Waals surface area (Å²) in [5.41, 5.74) is 2.57. The van der Waals surface area contributed by atoms with Gasteiger partial charge in [-0.15, -0.1) is 0 Å². The fourth-order valence-electron chi connectivity index (χ4n) is 5.83. The molecule has 2 N–H and O–H groups in total. The summed E-state index contributed by atoms with van der Waals surface area (Å²) in [6.45, 7) is 12.4. The molecule has 240 valence electrons. The Morgan fingerprint density at radius 3 is 2.58 bits per heavy atom. The van der Waals surface area contributed by atoms with Crippen LogP contribution in [-0.4, -0.2) is 60.3 Å². The normalized spacial score (nSPS) is 18.2. The third-order valence-corrected chi connectivity index (χ3v) is 9.61. The molecule has 5 rings (SSSR count). The summed E-state index contributed by atoms with van der Waals surface area (Å²) < 4.78 is 27.1. The van der Waals surface area contributed by atoms with Gasteiger partial charge < -0.3 is 19.2 Å². The third kappa shape index (κ3) is 7.38. The Morgan fingerprint density at radius 2 is 1.93 bits per heavy atom. The van der Waals surface area contributed by atoms with E-state index < -0.39 is 22.7 Å². The number of ether oxygens (including phenoxy) is 1. The number of hydrogen-bond acceptors (Lipinski definition) is 9. The smallest absolute Gasteiger partial charge is 0.419 e. The number of nitrogens with one attached hydrogen (secondary N) is 1. The Kier molecular flexibility index (Phi) is 9.35. The maximum absolute atomic E-state index is 13.2. The first-order valence-electron chi connectivity index (χ1n) is 15.2. The van der Waals surface area contributed by atoms with Crippen molar-refractivity contribution in [2.45, 2.75) is 83.8 Å². The van der Waals surface area contributed by atoms with E-state index in [9.17, 15) is 14.1 Å². The number of piperidine rings is 1. The molecule has 2 aromatic heterocycles. The Balaban J connectivity index is 1.30. The van der Waals surface area contributed by atoms with Gasteiger partial charge in [-0.2, -0.15) is 0 Å². The van der Waals surface area contributed by atoms with Crippen LogP contribution in [-0.2, 0) is 28.8 Å². The molecule has 0 saturated carbocycles. The summed E-state index contributed by atoms with van der Waals surface area (Å²) in [5, 5.41) is 10.2. The van der Waals surface area contributed by atoms with E-state index in [1.807, 2.05) is 20.8 Å². The minimum atomic E-state index is -1.21. The van der Waals surface area contributed by atoms with Crippen LogP contribution in [0.5, 0.6) is 0 Å². The summed E-state index contributed by atoms with van der Waals surface area (Å²) in [7, 11) is -1.21. The van der Waals surface area contributed by atoms with Crippen LogP contribution in [0, 0.1) is 17.3 Å². The van der Waals surface area contributed by atoms with Crippen LogP contribution >= 0.6 is 0 Å². The van der Waals surface area contributed by atoms with E-state index in [0.717, 1.165) is 32.4 Å². The minimum absolute atomic E-state index is 0.00595. The van der Waals surface area contributed by atoms with Gasteiger partial charge in [-0.1, -0.05) is 30.2 Å². The fourth-order valence-corrected chi connectivity index (χ4v) is 6.77. The zero-order valence-electron chi connectivity index (χ0n) is 26.8. The van der Waals surface area contributed by atoms with Crippen LogP contribution in [0.25, 0.3) is 0 Å². The average Bonchev–Trinajstić information content (AvgIpc) is 3.61. The first-order valence-corrected chi connectivity index (χ1v) is 16.3. The number of anilines is 2. The quantitative estimate of drug-likeness (QED) is 0.371. The topological polar surface area (TPSA) is 134 Å². The maximum Gasteiger partial charge on any atom is 0.419 e. The molecule has 1 spiro atoms. The number of benzene rings is 1. The number of amides is 1. The van der Waals surface area contributed by atoms with E-state index in [1.54, 1.807) is 27.0 Å². The highest BCUT2D eigenvalue weighted by molar-refractivity contribution is 7.84. The zero-order chi connectivity index (χ0) is 32.4. The molecule has 2 aliphatic rings. The van der Waals surface area contributed by atoms with E-state index in [4.69, 9.17) is 9.15 Å². The van der Waals surface area contributed by atoms with E-state index in [1.165, 1.54) is 28.5 Å². The number of aliphatic hydroxyl groups is 1. The van der Waals surface area contributed by atoms with Crippen molar-refractivity contribution >= 4 is 28.9 Å². The monoisotopic (exact) mass is 634 g/mol. The Hall–Kier alpha value is -3.79. The number of fused-ring (bicyclic) bond motifs is 1. The van der Waals surface area contributed by atoms with Crippen molar-refractivity contribution < 1.29 is 23.3 Å². The third-order valence-electron chi connectivity index (χ3n) is 8.05. The molecule has 1 amide bonds. The molecule has 3 heterocycles. The molecule has 2 atom stereocenters. The van der Waals surface area contributed by atoms with Crippen LogP contribution in [0.3, 0.4) is 0 Å². The van der Waals surface area contributed by atoms with Crippen molar-refractivity contribution in [3.8, 4) is 11.8 Å². The van der Waals surface area contributed by atoms with Gasteiger partial charge in [0.1, 0.15) is 23.3 Å². The zero-order valence-corrected chi connectivity index (χ0v) is 27.6. The van der Waals surface area contributed by atoms with Crippen LogP contribution in [0.15, 0.2) is 47.3 Å². The van der Waals surface area contributed by atoms with E-state index in [-0.39, 0.29) is 35.4 Å². The number of oxazole rings is 1. The van der Waals surface area contributed by atoms with Crippen molar-refractivity contribution in [3.05, 3.63) is 65.4 Å². The van der Waals surface area contributed by atoms with Gasteiger partial charge in [0.2, 0.25) is 0 Å². The number of rotatable bonds is 6. The fraction of sp³-hybridized carbons (Fsp3) is 0.515. The van der Waals surface area contributed by atoms with E-state index in [0.29, 0.717) is 17.2 Å². The number of carbonyl (C=O) groups is 1. The van der Waals surface area contributed by atoms with Crippen molar-refractivity contribution in [2.75, 3.05) is 29.4 Å². The highest BCUT2D eigenvalue weighted by Gasteiger charge is 2.49. The summed E-state index contributed by atoms with van der Waals surface area (Å²) in [4.78, 5) is 29.4. The second-order valence-electron chi connectivity index (χ2n) is 13.5. The molecule has 1 saturated heterocycles. The van der Waals surface area contributed by atoms with Crippen LogP contribution in [0.1, 0.15) is 82.9 Å². The average molecular weight is 635 g/mol. The highest BCUT2D eigenvalue weighted by atomic mass is 32.2. The molecule has 11 nitrogen and oxygen atoms in total. The molecule has 1 aromatic carbocycles. The number of carbonyl (C=O) groups excluding carboxylic acids is 1. The van der Waals surface area contributed by atoms with Crippen LogP contribution in [0.2, 0.25) is 0 Å². The molecule has 1 fully saturated rings. The van der Waals surface area contributed by atoms with Gasteiger partial charge in [0.15, 0.2) is 5.82 Å². The SMILES string of the molecule is CC(C)(C)OC(=O)N(CC#Cc1cnc(N2CCC3(CC2)Cc2ccccc2[C@H]3NS(=O)C(C)(C)C)c(CO)n1)c1ncco1. The molecule has 0 bridgehead atoms. The number of nitrogens with zero attached hydrogens (tertiary/aromatic N) is 5. The molecular formula is C33H42N6O5S. The maximum atomic E-state index is 13.2. The summed E-state index contributed by atoms with van der Waals surface area (Å²) in [6, 6.07) is 8.53. The largest absolute Gasteiger partial charge is 0.443 e. The first-order chi connectivity index (χ1) is 21.3. The standard InChI is InChI=1S/C33H42N6O5S/c1-31(2,3)44-30(41)39(29-34-15-19-43-29)16-9-11-24-21-35-28(26(22-40)36-24)38-17-13-33(14-18-38)20-23-10-7-8-12-25(23)27(33)37-45(42)32(4,5)6/h7-8,10,12,15,19,21,27,37,40H,13-14,16-18,20,22H2,1-6H3/t27-,45?/m1/s1. The molecule has 1 aliphatic heterocycles. The van der Waals surface area contributed by atoms with Crippen molar-refractivity contribution in [3.63, 3.8) is 0 Å². The second-order valence-corrected chi connectivity index (χ2v) is 15.5. The van der Waals surface area contributed by atoms with Crippen molar-refractivity contribution in [1.29, 1.82) is 0 Å². The highest BCUT2D eigenvalue weighted by Crippen LogP contribution is 2.52. The Morgan fingerprint density at radius 1 is 1.20 bits per heavy atom. The van der Waals surface area contributed by atoms with Gasteiger partial charge in [-0.3, -0.25) is 0 Å². The molecular weight excluding hydrogens is 592 g/mol. The Bertz CT molecular complexity index is 1590. The van der Waals surface area contributed by atoms with Crippen molar-refractivity contribution in [1.82, 2.24) is 19.7 Å². The summed E-state index contributed by atoms with van der Waals surface area (Å²) in [5.74, 6) is 6.49. The van der Waals surface area contributed by atoms with Gasteiger partial charge in [0.05, 0.1) is 47.3 Å². The summed E-state index contributed by atoms with van der Waals surface area (Å²) in [6.07, 6.45) is 6.43. The Labute approximate surface area is 267 Å². The van der Waals surface area contributed by atoms with E-state index in [2.05, 4.69) is 60.7 Å². The molecule has 1 aliphatic carbocycles.